The fraction of sp³-hybridized carbons (Fsp3) is 0.429. The molecule has 0 unspecified atom stereocenters. The number of rotatable bonds is 3. The zero-order valence-electron chi connectivity index (χ0n) is 11.7. The largest absolute Gasteiger partial charge is 0.373 e. The molecule has 110 valence electrons. The molecule has 0 saturated carbocycles. The molecular weight excluding hydrogens is 270 g/mol. The first-order valence-corrected chi connectivity index (χ1v) is 6.96. The van der Waals surface area contributed by atoms with Crippen molar-refractivity contribution in [1.29, 1.82) is 0 Å². The second-order valence-electron chi connectivity index (χ2n) is 5.18. The smallest absolute Gasteiger partial charge is 0.269 e. The molecule has 2 atom stereocenters. The van der Waals surface area contributed by atoms with Crippen LogP contribution >= 0.6 is 0 Å². The van der Waals surface area contributed by atoms with Crippen LogP contribution in [-0.2, 0) is 9.53 Å². The van der Waals surface area contributed by atoms with Crippen molar-refractivity contribution >= 4 is 11.9 Å². The molecule has 0 radical (unpaired) electrons. The first-order valence-electron chi connectivity index (χ1n) is 6.96. The number of anilines is 1. The minimum atomic E-state index is -0.250. The molecule has 2 N–H and O–H groups in total. The number of amides is 1. The molecule has 7 heteroatoms. The predicted molar refractivity (Wildman–Crippen MR) is 75.4 cm³/mol. The summed E-state index contributed by atoms with van der Waals surface area (Å²) in [7, 11) is 0. The Balaban J connectivity index is 1.77. The normalized spacial score (nSPS) is 22.0. The summed E-state index contributed by atoms with van der Waals surface area (Å²) in [6.45, 7) is 2.70. The Morgan fingerprint density at radius 2 is 2.19 bits per heavy atom. The molecule has 1 aliphatic rings. The number of H-pyrrole nitrogens is 1. The molecule has 1 aromatic heterocycles. The zero-order chi connectivity index (χ0) is 14.7. The van der Waals surface area contributed by atoms with E-state index in [0.717, 1.165) is 18.4 Å². The molecule has 7 nitrogen and oxygen atoms in total. The summed E-state index contributed by atoms with van der Waals surface area (Å²) in [6.07, 6.45) is 1.42. The molecule has 1 saturated heterocycles. The van der Waals surface area contributed by atoms with Crippen molar-refractivity contribution in [3.63, 3.8) is 0 Å². The van der Waals surface area contributed by atoms with Crippen molar-refractivity contribution in [2.75, 3.05) is 11.9 Å². The number of nitrogens with zero attached hydrogens (tertiary/aromatic N) is 3. The summed E-state index contributed by atoms with van der Waals surface area (Å²) in [4.78, 5) is 12.4. The van der Waals surface area contributed by atoms with E-state index in [1.807, 2.05) is 31.2 Å². The van der Waals surface area contributed by atoms with Gasteiger partial charge in [-0.15, -0.1) is 5.10 Å². The van der Waals surface area contributed by atoms with Crippen LogP contribution in [0.3, 0.4) is 0 Å². The molecular formula is C14H17N5O2. The highest BCUT2D eigenvalue weighted by atomic mass is 16.5. The van der Waals surface area contributed by atoms with E-state index in [1.165, 1.54) is 5.56 Å². The van der Waals surface area contributed by atoms with Crippen molar-refractivity contribution in [2.24, 2.45) is 5.92 Å². The number of aromatic amines is 1. The van der Waals surface area contributed by atoms with Gasteiger partial charge in [0.2, 0.25) is 5.91 Å². The van der Waals surface area contributed by atoms with Gasteiger partial charge < -0.3 is 4.74 Å². The van der Waals surface area contributed by atoms with E-state index in [2.05, 4.69) is 25.9 Å². The van der Waals surface area contributed by atoms with Crippen molar-refractivity contribution in [3.8, 4) is 0 Å². The maximum Gasteiger partial charge on any atom is 0.269 e. The number of hydrogen-bond acceptors (Lipinski definition) is 5. The Labute approximate surface area is 122 Å². The van der Waals surface area contributed by atoms with Crippen molar-refractivity contribution in [2.45, 2.75) is 25.9 Å². The number of hydrogen-bond donors (Lipinski definition) is 2. The number of nitrogens with one attached hydrogen (secondary N) is 2. The zero-order valence-corrected chi connectivity index (χ0v) is 11.7. The van der Waals surface area contributed by atoms with Gasteiger partial charge in [0.05, 0.1) is 12.0 Å². The number of aryl methyl sites for hydroxylation is 1. The second kappa shape index (κ2) is 6.01. The van der Waals surface area contributed by atoms with Gasteiger partial charge >= 0.3 is 0 Å². The molecule has 1 aliphatic heterocycles. The molecule has 1 aromatic carbocycles. The number of benzene rings is 1. The molecule has 2 heterocycles. The van der Waals surface area contributed by atoms with Crippen molar-refractivity contribution < 1.29 is 9.53 Å². The van der Waals surface area contributed by atoms with E-state index in [0.29, 0.717) is 6.61 Å². The van der Waals surface area contributed by atoms with Crippen molar-refractivity contribution in [1.82, 2.24) is 20.6 Å². The predicted octanol–water partition coefficient (Wildman–Crippen LogP) is 1.61. The number of tetrazole rings is 1. The fourth-order valence-electron chi connectivity index (χ4n) is 2.55. The van der Waals surface area contributed by atoms with Crippen LogP contribution in [0.5, 0.6) is 0 Å². The summed E-state index contributed by atoms with van der Waals surface area (Å²) in [5.41, 5.74) is 2.20. The first kappa shape index (κ1) is 13.7. The van der Waals surface area contributed by atoms with Crippen molar-refractivity contribution in [3.05, 3.63) is 35.4 Å². The van der Waals surface area contributed by atoms with Gasteiger partial charge in [0.15, 0.2) is 0 Å². The monoisotopic (exact) mass is 287 g/mol. The molecule has 1 fully saturated rings. The third-order valence-corrected chi connectivity index (χ3v) is 3.65. The maximum absolute atomic E-state index is 12.4. The molecule has 1 amide bonds. The average molecular weight is 287 g/mol. The molecule has 0 bridgehead atoms. The molecule has 21 heavy (non-hydrogen) atoms. The van der Waals surface area contributed by atoms with Gasteiger partial charge in [0, 0.05) is 6.61 Å². The van der Waals surface area contributed by atoms with E-state index >= 15 is 0 Å². The van der Waals surface area contributed by atoms with Crippen LogP contribution in [0.1, 0.15) is 30.1 Å². The molecule has 3 rings (SSSR count). The van der Waals surface area contributed by atoms with Crippen LogP contribution in [0.2, 0.25) is 0 Å². The van der Waals surface area contributed by atoms with Crippen LogP contribution < -0.4 is 5.32 Å². The summed E-state index contributed by atoms with van der Waals surface area (Å²) in [5, 5.41) is 15.9. The lowest BCUT2D eigenvalue weighted by Gasteiger charge is -2.30. The van der Waals surface area contributed by atoms with Gasteiger partial charge in [0.25, 0.3) is 5.95 Å². The van der Waals surface area contributed by atoms with Gasteiger partial charge in [-0.3, -0.25) is 10.1 Å². The average Bonchev–Trinajstić information content (AvgIpc) is 3.01. The second-order valence-corrected chi connectivity index (χ2v) is 5.18. The van der Waals surface area contributed by atoms with E-state index in [9.17, 15) is 4.79 Å². The van der Waals surface area contributed by atoms with E-state index in [1.54, 1.807) is 0 Å². The Morgan fingerprint density at radius 3 is 2.90 bits per heavy atom. The minimum Gasteiger partial charge on any atom is -0.373 e. The number of aromatic nitrogens is 4. The van der Waals surface area contributed by atoms with Gasteiger partial charge in [-0.2, -0.15) is 5.21 Å². The molecule has 0 aliphatic carbocycles. The van der Waals surface area contributed by atoms with Crippen LogP contribution in [0.4, 0.5) is 5.95 Å². The maximum atomic E-state index is 12.4. The highest BCUT2D eigenvalue weighted by Gasteiger charge is 2.33. The van der Waals surface area contributed by atoms with E-state index in [-0.39, 0.29) is 23.9 Å². The summed E-state index contributed by atoms with van der Waals surface area (Å²) in [5.74, 6) is -0.199. The van der Waals surface area contributed by atoms with Gasteiger partial charge in [0.1, 0.15) is 0 Å². The molecule has 2 aromatic rings. The third-order valence-electron chi connectivity index (χ3n) is 3.65. The Kier molecular flexibility index (Phi) is 3.92. The van der Waals surface area contributed by atoms with Crippen LogP contribution in [0.25, 0.3) is 0 Å². The number of carbonyl (C=O) groups is 1. The summed E-state index contributed by atoms with van der Waals surface area (Å²) >= 11 is 0. The lowest BCUT2D eigenvalue weighted by molar-refractivity contribution is -0.129. The first-order chi connectivity index (χ1) is 10.2. The Morgan fingerprint density at radius 1 is 1.38 bits per heavy atom. The lowest BCUT2D eigenvalue weighted by Crippen LogP contribution is -2.33. The quantitative estimate of drug-likeness (QED) is 0.894. The van der Waals surface area contributed by atoms with Gasteiger partial charge in [-0.25, -0.2) is 0 Å². The summed E-state index contributed by atoms with van der Waals surface area (Å²) in [6, 6.07) is 8.09. The van der Waals surface area contributed by atoms with Crippen LogP contribution in [0, 0.1) is 12.8 Å². The fourth-order valence-corrected chi connectivity index (χ4v) is 2.55. The standard InChI is InChI=1S/C14H17N5O2/c1-9-4-6-10(7-5-9)12-11(3-2-8-21-12)13(20)15-14-16-18-19-17-14/h4-7,11-12H,2-3,8H2,1H3,(H2,15,16,17,18,19,20)/t11-,12+/m0/s1. The Hall–Kier alpha value is -2.28. The highest BCUT2D eigenvalue weighted by Crippen LogP contribution is 2.34. The number of ether oxygens (including phenoxy) is 1. The topological polar surface area (TPSA) is 92.8 Å². The SMILES string of the molecule is Cc1ccc([C@H]2OCCC[C@@H]2C(=O)Nc2nn[nH]n2)cc1. The van der Waals surface area contributed by atoms with Gasteiger partial charge in [-0.05, 0) is 30.5 Å². The molecule has 0 spiro atoms. The lowest BCUT2D eigenvalue weighted by atomic mass is 9.88. The minimum absolute atomic E-state index is 0.137. The summed E-state index contributed by atoms with van der Waals surface area (Å²) < 4.78 is 5.83. The number of carbonyl (C=O) groups excluding carboxylic acids is 1. The van der Waals surface area contributed by atoms with E-state index in [4.69, 9.17) is 4.74 Å². The van der Waals surface area contributed by atoms with Crippen LogP contribution in [-0.4, -0.2) is 33.1 Å². The third kappa shape index (κ3) is 3.08. The highest BCUT2D eigenvalue weighted by molar-refractivity contribution is 5.91. The van der Waals surface area contributed by atoms with Crippen LogP contribution in [0.15, 0.2) is 24.3 Å². The van der Waals surface area contributed by atoms with Gasteiger partial charge in [-0.1, -0.05) is 34.9 Å². The van der Waals surface area contributed by atoms with E-state index < -0.39 is 0 Å². The Bertz CT molecular complexity index is 596.